The van der Waals surface area contributed by atoms with Gasteiger partial charge in [0.15, 0.2) is 0 Å². The van der Waals surface area contributed by atoms with Gasteiger partial charge in [0.2, 0.25) is 5.91 Å². The second kappa shape index (κ2) is 5.92. The Labute approximate surface area is 121 Å². The summed E-state index contributed by atoms with van der Waals surface area (Å²) >= 11 is 6.03. The van der Waals surface area contributed by atoms with Crippen LogP contribution in [0.4, 0.5) is 10.1 Å². The van der Waals surface area contributed by atoms with Crippen molar-refractivity contribution < 1.29 is 9.18 Å². The summed E-state index contributed by atoms with van der Waals surface area (Å²) in [6, 6.07) is 9.75. The number of rotatable bonds is 4. The molecule has 0 atom stereocenters. The van der Waals surface area contributed by atoms with E-state index in [9.17, 15) is 9.18 Å². The van der Waals surface area contributed by atoms with Gasteiger partial charge in [-0.1, -0.05) is 23.7 Å². The van der Waals surface area contributed by atoms with E-state index in [1.165, 1.54) is 6.07 Å². The Bertz CT molecular complexity index is 658. The monoisotopic (exact) mass is 292 g/mol. The van der Waals surface area contributed by atoms with E-state index in [2.05, 4.69) is 5.32 Å². The van der Waals surface area contributed by atoms with Gasteiger partial charge in [0, 0.05) is 12.1 Å². The third-order valence-electron chi connectivity index (χ3n) is 2.97. The molecule has 2 rings (SSSR count). The molecule has 0 heterocycles. The minimum absolute atomic E-state index is 0.249. The number of hydrogen-bond donors (Lipinski definition) is 2. The normalized spacial score (nSPS) is 10.3. The first-order valence-corrected chi connectivity index (χ1v) is 6.43. The van der Waals surface area contributed by atoms with E-state index in [4.69, 9.17) is 17.3 Å². The van der Waals surface area contributed by atoms with Crippen LogP contribution in [0.25, 0.3) is 0 Å². The van der Waals surface area contributed by atoms with Gasteiger partial charge >= 0.3 is 0 Å². The SMILES string of the molecule is Cc1ccc(CNc2cc(C(N)=O)ccc2Cl)cc1F. The largest absolute Gasteiger partial charge is 0.380 e. The van der Waals surface area contributed by atoms with Crippen LogP contribution in [-0.4, -0.2) is 5.91 Å². The zero-order valence-electron chi connectivity index (χ0n) is 10.9. The number of benzene rings is 2. The lowest BCUT2D eigenvalue weighted by atomic mass is 10.1. The fourth-order valence-electron chi connectivity index (χ4n) is 1.76. The Balaban J connectivity index is 2.15. The molecule has 3 nitrogen and oxygen atoms in total. The summed E-state index contributed by atoms with van der Waals surface area (Å²) in [5.41, 5.74) is 7.56. The lowest BCUT2D eigenvalue weighted by Gasteiger charge is -2.10. The highest BCUT2D eigenvalue weighted by molar-refractivity contribution is 6.33. The Hall–Kier alpha value is -2.07. The number of primary amides is 1. The summed E-state index contributed by atoms with van der Waals surface area (Å²) in [6.07, 6.45) is 0. The third-order valence-corrected chi connectivity index (χ3v) is 3.30. The molecule has 20 heavy (non-hydrogen) atoms. The van der Waals surface area contributed by atoms with E-state index in [1.807, 2.05) is 6.07 Å². The standard InChI is InChI=1S/C15H14ClFN2O/c1-9-2-3-10(6-13(9)17)8-19-14-7-11(15(18)20)4-5-12(14)16/h2-7,19H,8H2,1H3,(H2,18,20). The van der Waals surface area contributed by atoms with E-state index in [0.29, 0.717) is 28.4 Å². The Morgan fingerprint density at radius 2 is 2.05 bits per heavy atom. The van der Waals surface area contributed by atoms with Gasteiger partial charge in [-0.15, -0.1) is 0 Å². The fourth-order valence-corrected chi connectivity index (χ4v) is 1.94. The van der Waals surface area contributed by atoms with Crippen molar-refractivity contribution in [1.29, 1.82) is 0 Å². The summed E-state index contributed by atoms with van der Waals surface area (Å²) in [4.78, 5) is 11.1. The Kier molecular flexibility index (Phi) is 4.25. The van der Waals surface area contributed by atoms with Gasteiger partial charge < -0.3 is 11.1 Å². The van der Waals surface area contributed by atoms with E-state index in [-0.39, 0.29) is 5.82 Å². The molecule has 0 saturated heterocycles. The van der Waals surface area contributed by atoms with Gasteiger partial charge in [-0.05, 0) is 42.3 Å². The average Bonchev–Trinajstić information content (AvgIpc) is 2.41. The molecular formula is C15H14ClFN2O. The predicted molar refractivity (Wildman–Crippen MR) is 78.4 cm³/mol. The van der Waals surface area contributed by atoms with Crippen molar-refractivity contribution in [2.24, 2.45) is 5.73 Å². The number of nitrogens with one attached hydrogen (secondary N) is 1. The van der Waals surface area contributed by atoms with Crippen molar-refractivity contribution in [3.63, 3.8) is 0 Å². The maximum atomic E-state index is 13.4. The molecule has 0 bridgehead atoms. The van der Waals surface area contributed by atoms with Gasteiger partial charge in [0.05, 0.1) is 10.7 Å². The molecule has 0 aromatic heterocycles. The molecule has 3 N–H and O–H groups in total. The highest BCUT2D eigenvalue weighted by Gasteiger charge is 2.06. The first-order valence-electron chi connectivity index (χ1n) is 6.05. The molecule has 5 heteroatoms. The zero-order chi connectivity index (χ0) is 14.7. The summed E-state index contributed by atoms with van der Waals surface area (Å²) in [7, 11) is 0. The number of nitrogens with two attached hydrogens (primary N) is 1. The molecule has 2 aromatic carbocycles. The molecule has 0 spiro atoms. The van der Waals surface area contributed by atoms with Crippen LogP contribution >= 0.6 is 11.6 Å². The van der Waals surface area contributed by atoms with Crippen LogP contribution < -0.4 is 11.1 Å². The second-order valence-corrected chi connectivity index (χ2v) is 4.90. The van der Waals surface area contributed by atoms with E-state index < -0.39 is 5.91 Å². The van der Waals surface area contributed by atoms with Gasteiger partial charge in [0.1, 0.15) is 5.82 Å². The minimum Gasteiger partial charge on any atom is -0.380 e. The zero-order valence-corrected chi connectivity index (χ0v) is 11.7. The van der Waals surface area contributed by atoms with Crippen molar-refractivity contribution in [3.8, 4) is 0 Å². The third kappa shape index (κ3) is 3.27. The molecule has 0 radical (unpaired) electrons. The van der Waals surface area contributed by atoms with Crippen molar-refractivity contribution in [3.05, 3.63) is 63.9 Å². The minimum atomic E-state index is -0.522. The summed E-state index contributed by atoms with van der Waals surface area (Å²) < 4.78 is 13.4. The number of carbonyl (C=O) groups excluding carboxylic acids is 1. The second-order valence-electron chi connectivity index (χ2n) is 4.50. The molecular weight excluding hydrogens is 279 g/mol. The number of amides is 1. The molecule has 2 aromatic rings. The quantitative estimate of drug-likeness (QED) is 0.906. The fraction of sp³-hybridized carbons (Fsp3) is 0.133. The van der Waals surface area contributed by atoms with Crippen molar-refractivity contribution in [2.45, 2.75) is 13.5 Å². The van der Waals surface area contributed by atoms with E-state index >= 15 is 0 Å². The van der Waals surface area contributed by atoms with Crippen molar-refractivity contribution >= 4 is 23.2 Å². The topological polar surface area (TPSA) is 55.1 Å². The molecule has 104 valence electrons. The number of anilines is 1. The van der Waals surface area contributed by atoms with E-state index in [0.717, 1.165) is 5.56 Å². The Morgan fingerprint density at radius 1 is 1.30 bits per heavy atom. The number of carbonyl (C=O) groups is 1. The van der Waals surface area contributed by atoms with Gasteiger partial charge in [-0.25, -0.2) is 4.39 Å². The number of aryl methyl sites for hydroxylation is 1. The summed E-state index contributed by atoms with van der Waals surface area (Å²) in [5.74, 6) is -0.771. The lowest BCUT2D eigenvalue weighted by Crippen LogP contribution is -2.11. The van der Waals surface area contributed by atoms with Crippen LogP contribution in [0.1, 0.15) is 21.5 Å². The average molecular weight is 293 g/mol. The van der Waals surface area contributed by atoms with Gasteiger partial charge in [-0.3, -0.25) is 4.79 Å². The van der Waals surface area contributed by atoms with Gasteiger partial charge in [-0.2, -0.15) is 0 Å². The maximum absolute atomic E-state index is 13.4. The molecule has 0 aliphatic heterocycles. The molecule has 0 saturated carbocycles. The molecule has 0 fully saturated rings. The van der Waals surface area contributed by atoms with Crippen LogP contribution in [0.2, 0.25) is 5.02 Å². The molecule has 0 unspecified atom stereocenters. The smallest absolute Gasteiger partial charge is 0.248 e. The molecule has 0 aliphatic rings. The van der Waals surface area contributed by atoms with Crippen LogP contribution in [0.5, 0.6) is 0 Å². The van der Waals surface area contributed by atoms with Crippen molar-refractivity contribution in [2.75, 3.05) is 5.32 Å². The Morgan fingerprint density at radius 3 is 2.70 bits per heavy atom. The number of hydrogen-bond acceptors (Lipinski definition) is 2. The van der Waals surface area contributed by atoms with Gasteiger partial charge in [0.25, 0.3) is 0 Å². The van der Waals surface area contributed by atoms with E-state index in [1.54, 1.807) is 31.2 Å². The highest BCUT2D eigenvalue weighted by Crippen LogP contribution is 2.23. The maximum Gasteiger partial charge on any atom is 0.248 e. The van der Waals surface area contributed by atoms with Crippen molar-refractivity contribution in [1.82, 2.24) is 0 Å². The lowest BCUT2D eigenvalue weighted by molar-refractivity contribution is 0.100. The molecule has 1 amide bonds. The summed E-state index contributed by atoms with van der Waals surface area (Å²) in [6.45, 7) is 2.11. The van der Waals surface area contributed by atoms with Crippen LogP contribution in [0.3, 0.4) is 0 Å². The molecule has 0 aliphatic carbocycles. The predicted octanol–water partition coefficient (Wildman–Crippen LogP) is 3.50. The summed E-state index contributed by atoms with van der Waals surface area (Å²) in [5, 5.41) is 3.54. The first kappa shape index (κ1) is 14.3. The highest BCUT2D eigenvalue weighted by atomic mass is 35.5. The van der Waals surface area contributed by atoms with Crippen LogP contribution in [0, 0.1) is 12.7 Å². The number of halogens is 2. The van der Waals surface area contributed by atoms with Crippen LogP contribution in [0.15, 0.2) is 36.4 Å². The van der Waals surface area contributed by atoms with Crippen LogP contribution in [-0.2, 0) is 6.54 Å². The first-order chi connectivity index (χ1) is 9.47.